The number of benzene rings is 1. The third-order valence-electron chi connectivity index (χ3n) is 3.08. The van der Waals surface area contributed by atoms with Gasteiger partial charge in [0.05, 0.1) is 16.9 Å². The van der Waals surface area contributed by atoms with Gasteiger partial charge >= 0.3 is 0 Å². The highest BCUT2D eigenvalue weighted by molar-refractivity contribution is 6.35. The molecular formula is C12H7ClF3NO. The van der Waals surface area contributed by atoms with Crippen LogP contribution in [0.3, 0.4) is 0 Å². The molecule has 0 spiro atoms. The van der Waals surface area contributed by atoms with Gasteiger partial charge in [-0.05, 0) is 6.07 Å². The number of rotatable bonds is 1. The molecule has 1 saturated carbocycles. The maximum atomic E-state index is 13.4. The van der Waals surface area contributed by atoms with Gasteiger partial charge < -0.3 is 4.57 Å². The second kappa shape index (κ2) is 3.75. The molecule has 94 valence electrons. The van der Waals surface area contributed by atoms with Crippen LogP contribution in [0.4, 0.5) is 13.2 Å². The lowest BCUT2D eigenvalue weighted by atomic mass is 10.2. The molecular weight excluding hydrogens is 267 g/mol. The predicted octanol–water partition coefficient (Wildman–Crippen LogP) is 3.22. The van der Waals surface area contributed by atoms with Crippen molar-refractivity contribution in [3.8, 4) is 0 Å². The molecule has 0 saturated heterocycles. The van der Waals surface area contributed by atoms with Gasteiger partial charge in [-0.3, -0.25) is 4.79 Å². The quantitative estimate of drug-likeness (QED) is 0.731. The number of alkyl halides is 1. The molecule has 3 rings (SSSR count). The molecule has 2 unspecified atom stereocenters. The Kier molecular flexibility index (Phi) is 2.41. The van der Waals surface area contributed by atoms with Crippen molar-refractivity contribution in [2.45, 2.75) is 18.6 Å². The van der Waals surface area contributed by atoms with Gasteiger partial charge in [0.15, 0.2) is 17.1 Å². The highest BCUT2D eigenvalue weighted by Crippen LogP contribution is 2.41. The minimum absolute atomic E-state index is 0.0412. The number of hydrogen-bond acceptors (Lipinski definition) is 1. The standard InChI is InChI=1S/C12H7ClF3NO/c13-10-11(16)7(15)3-5-9(18)1-2-17(12(5)10)8-4-6(8)14/h1-3,6,8H,4H2. The summed E-state index contributed by atoms with van der Waals surface area (Å²) in [4.78, 5) is 11.6. The summed E-state index contributed by atoms with van der Waals surface area (Å²) in [6.45, 7) is 0. The summed E-state index contributed by atoms with van der Waals surface area (Å²) in [5, 5.41) is -0.526. The molecule has 0 radical (unpaired) electrons. The Labute approximate surface area is 105 Å². The lowest BCUT2D eigenvalue weighted by Crippen LogP contribution is -2.10. The van der Waals surface area contributed by atoms with Crippen LogP contribution < -0.4 is 5.43 Å². The molecule has 1 aliphatic rings. The van der Waals surface area contributed by atoms with Crippen LogP contribution >= 0.6 is 11.6 Å². The summed E-state index contributed by atoms with van der Waals surface area (Å²) in [5.41, 5.74) is -0.425. The van der Waals surface area contributed by atoms with Crippen molar-refractivity contribution >= 4 is 22.5 Å². The van der Waals surface area contributed by atoms with Gasteiger partial charge in [-0.1, -0.05) is 11.6 Å². The number of aromatic nitrogens is 1. The van der Waals surface area contributed by atoms with Gasteiger partial charge in [0, 0.05) is 18.7 Å². The van der Waals surface area contributed by atoms with E-state index in [-0.39, 0.29) is 17.3 Å². The van der Waals surface area contributed by atoms with Crippen LogP contribution in [0.15, 0.2) is 23.1 Å². The van der Waals surface area contributed by atoms with Crippen molar-refractivity contribution in [3.63, 3.8) is 0 Å². The molecule has 1 fully saturated rings. The molecule has 0 aliphatic heterocycles. The molecule has 6 heteroatoms. The molecule has 1 heterocycles. The van der Waals surface area contributed by atoms with Crippen molar-refractivity contribution in [1.82, 2.24) is 4.57 Å². The lowest BCUT2D eigenvalue weighted by Gasteiger charge is -2.11. The third kappa shape index (κ3) is 1.54. The van der Waals surface area contributed by atoms with E-state index in [1.807, 2.05) is 0 Å². The van der Waals surface area contributed by atoms with Crippen molar-refractivity contribution in [1.29, 1.82) is 0 Å². The van der Waals surface area contributed by atoms with Crippen LogP contribution in [0, 0.1) is 11.6 Å². The van der Waals surface area contributed by atoms with Crippen LogP contribution in [0.1, 0.15) is 12.5 Å². The third-order valence-corrected chi connectivity index (χ3v) is 3.43. The molecule has 0 bridgehead atoms. The van der Waals surface area contributed by atoms with Crippen LogP contribution in [0.25, 0.3) is 10.9 Å². The van der Waals surface area contributed by atoms with Crippen molar-refractivity contribution < 1.29 is 13.2 Å². The molecule has 0 N–H and O–H groups in total. The summed E-state index contributed by atoms with van der Waals surface area (Å²) >= 11 is 5.73. The van der Waals surface area contributed by atoms with E-state index in [1.54, 1.807) is 0 Å². The molecule has 1 aromatic heterocycles. The van der Waals surface area contributed by atoms with Crippen LogP contribution in [0.5, 0.6) is 0 Å². The van der Waals surface area contributed by atoms with Gasteiger partial charge in [0.2, 0.25) is 0 Å². The Bertz CT molecular complexity index is 713. The van der Waals surface area contributed by atoms with E-state index in [4.69, 9.17) is 11.6 Å². The number of hydrogen-bond donors (Lipinski definition) is 0. The summed E-state index contributed by atoms with van der Waals surface area (Å²) in [6.07, 6.45) is 0.603. The van der Waals surface area contributed by atoms with E-state index < -0.39 is 34.3 Å². The second-order valence-corrected chi connectivity index (χ2v) is 4.67. The highest BCUT2D eigenvalue weighted by Gasteiger charge is 2.40. The minimum atomic E-state index is -1.22. The first-order chi connectivity index (χ1) is 8.50. The van der Waals surface area contributed by atoms with E-state index in [9.17, 15) is 18.0 Å². The summed E-state index contributed by atoms with van der Waals surface area (Å²) < 4.78 is 41.2. The summed E-state index contributed by atoms with van der Waals surface area (Å²) in [7, 11) is 0. The Morgan fingerprint density at radius 3 is 2.67 bits per heavy atom. The Hall–Kier alpha value is -1.49. The fourth-order valence-corrected chi connectivity index (χ4v) is 2.34. The van der Waals surface area contributed by atoms with Crippen molar-refractivity contribution in [2.24, 2.45) is 0 Å². The number of halogens is 4. The Morgan fingerprint density at radius 1 is 1.39 bits per heavy atom. The topological polar surface area (TPSA) is 22.0 Å². The normalized spacial score (nSPS) is 22.4. The van der Waals surface area contributed by atoms with E-state index in [1.165, 1.54) is 16.8 Å². The first kappa shape index (κ1) is 11.6. The Balaban J connectivity index is 2.43. The van der Waals surface area contributed by atoms with Gasteiger partial charge in [0.25, 0.3) is 0 Å². The van der Waals surface area contributed by atoms with Crippen LogP contribution in [-0.4, -0.2) is 10.7 Å². The van der Waals surface area contributed by atoms with Crippen molar-refractivity contribution in [2.75, 3.05) is 0 Å². The molecule has 1 aromatic carbocycles. The van der Waals surface area contributed by atoms with Gasteiger partial charge in [-0.25, -0.2) is 13.2 Å². The Morgan fingerprint density at radius 2 is 2.06 bits per heavy atom. The lowest BCUT2D eigenvalue weighted by molar-refractivity contribution is 0.444. The summed E-state index contributed by atoms with van der Waals surface area (Å²) in [5.74, 6) is -2.41. The van der Waals surface area contributed by atoms with E-state index in [0.29, 0.717) is 0 Å². The number of nitrogens with zero attached hydrogens (tertiary/aromatic N) is 1. The highest BCUT2D eigenvalue weighted by atomic mass is 35.5. The largest absolute Gasteiger partial charge is 0.340 e. The number of pyridine rings is 1. The monoisotopic (exact) mass is 273 g/mol. The summed E-state index contributed by atoms with van der Waals surface area (Å²) in [6, 6.07) is 1.53. The van der Waals surface area contributed by atoms with E-state index in [2.05, 4.69) is 0 Å². The minimum Gasteiger partial charge on any atom is -0.340 e. The van der Waals surface area contributed by atoms with E-state index >= 15 is 0 Å². The van der Waals surface area contributed by atoms with Gasteiger partial charge in [0.1, 0.15) is 11.2 Å². The molecule has 18 heavy (non-hydrogen) atoms. The van der Waals surface area contributed by atoms with Crippen LogP contribution in [0.2, 0.25) is 5.02 Å². The first-order valence-electron chi connectivity index (χ1n) is 5.33. The second-order valence-electron chi connectivity index (χ2n) is 4.29. The smallest absolute Gasteiger partial charge is 0.189 e. The predicted molar refractivity (Wildman–Crippen MR) is 61.7 cm³/mol. The average Bonchev–Trinajstić information content (AvgIpc) is 3.05. The number of fused-ring (bicyclic) bond motifs is 1. The molecule has 2 aromatic rings. The molecule has 1 aliphatic carbocycles. The fourth-order valence-electron chi connectivity index (χ4n) is 2.05. The molecule has 2 atom stereocenters. The molecule has 2 nitrogen and oxygen atoms in total. The maximum Gasteiger partial charge on any atom is 0.189 e. The maximum absolute atomic E-state index is 13.4. The SMILES string of the molecule is O=c1ccn(C2CC2F)c2c(Cl)c(F)c(F)cc12. The van der Waals surface area contributed by atoms with Gasteiger partial charge in [-0.15, -0.1) is 0 Å². The molecule has 0 amide bonds. The first-order valence-corrected chi connectivity index (χ1v) is 5.71. The van der Waals surface area contributed by atoms with Gasteiger partial charge in [-0.2, -0.15) is 0 Å². The van der Waals surface area contributed by atoms with E-state index in [0.717, 1.165) is 6.07 Å². The average molecular weight is 274 g/mol. The zero-order valence-electron chi connectivity index (χ0n) is 8.96. The van der Waals surface area contributed by atoms with Crippen LogP contribution in [-0.2, 0) is 0 Å². The fraction of sp³-hybridized carbons (Fsp3) is 0.250. The zero-order valence-corrected chi connectivity index (χ0v) is 9.72. The zero-order chi connectivity index (χ0) is 13.0. The van der Waals surface area contributed by atoms with Crippen molar-refractivity contribution in [3.05, 3.63) is 45.2 Å².